The third-order valence-electron chi connectivity index (χ3n) is 3.32. The first-order chi connectivity index (χ1) is 8.16. The first-order valence-corrected chi connectivity index (χ1v) is 6.04. The summed E-state index contributed by atoms with van der Waals surface area (Å²) in [6.07, 6.45) is 4.82. The second-order valence-corrected chi connectivity index (χ2v) is 4.58. The maximum atomic E-state index is 13.0. The van der Waals surface area contributed by atoms with Crippen molar-refractivity contribution >= 4 is 12.6 Å². The van der Waals surface area contributed by atoms with Crippen molar-refractivity contribution in [1.29, 1.82) is 0 Å². The Kier molecular flexibility index (Phi) is 4.15. The summed E-state index contributed by atoms with van der Waals surface area (Å²) in [5.74, 6) is -0.447. The fourth-order valence-electron chi connectivity index (χ4n) is 2.35. The first kappa shape index (κ1) is 12.5. The van der Waals surface area contributed by atoms with Gasteiger partial charge in [-0.15, -0.1) is 0 Å². The molecule has 0 heterocycles. The van der Waals surface area contributed by atoms with Crippen LogP contribution < -0.4 is 10.8 Å². The minimum absolute atomic E-state index is 0.246. The van der Waals surface area contributed by atoms with Crippen molar-refractivity contribution in [3.63, 3.8) is 0 Å². The molecule has 2 rings (SSSR count). The third kappa shape index (κ3) is 3.28. The maximum absolute atomic E-state index is 13.0. The van der Waals surface area contributed by atoms with Crippen molar-refractivity contribution < 1.29 is 14.4 Å². The number of halogens is 1. The fraction of sp³-hybridized carbons (Fsp3) is 0.500. The smallest absolute Gasteiger partial charge is 0.423 e. The molecule has 3 nitrogen and oxygen atoms in total. The Balaban J connectivity index is 2.03. The van der Waals surface area contributed by atoms with Gasteiger partial charge in [-0.2, -0.15) is 0 Å². The molecule has 1 aliphatic rings. The normalized spacial score (nSPS) is 16.4. The van der Waals surface area contributed by atoms with E-state index in [1.54, 1.807) is 6.07 Å². The van der Waals surface area contributed by atoms with E-state index in [9.17, 15) is 14.4 Å². The molecule has 0 amide bonds. The molecule has 0 aromatic heterocycles. The van der Waals surface area contributed by atoms with Crippen LogP contribution in [0.3, 0.4) is 0 Å². The molecule has 1 aromatic carbocycles. The Morgan fingerprint density at radius 2 is 2.00 bits per heavy atom. The highest BCUT2D eigenvalue weighted by atomic mass is 19.1. The van der Waals surface area contributed by atoms with Crippen LogP contribution >= 0.6 is 0 Å². The quantitative estimate of drug-likeness (QED) is 0.670. The van der Waals surface area contributed by atoms with Gasteiger partial charge in [-0.25, -0.2) is 4.39 Å². The first-order valence-electron chi connectivity index (χ1n) is 6.04. The number of nitrogens with one attached hydrogen (secondary N) is 1. The molecule has 17 heavy (non-hydrogen) atoms. The second-order valence-electron chi connectivity index (χ2n) is 4.58. The predicted molar refractivity (Wildman–Crippen MR) is 65.3 cm³/mol. The molecule has 1 aromatic rings. The van der Waals surface area contributed by atoms with Crippen LogP contribution in [0.5, 0.6) is 0 Å². The SMILES string of the molecule is OB(O)c1cc(F)ccc1CNC1CCCC1. The lowest BCUT2D eigenvalue weighted by atomic mass is 9.77. The summed E-state index contributed by atoms with van der Waals surface area (Å²) in [6, 6.07) is 4.63. The third-order valence-corrected chi connectivity index (χ3v) is 3.32. The maximum Gasteiger partial charge on any atom is 0.488 e. The molecule has 0 saturated heterocycles. The van der Waals surface area contributed by atoms with E-state index < -0.39 is 12.9 Å². The molecular formula is C12H17BFNO2. The minimum atomic E-state index is -1.62. The summed E-state index contributed by atoms with van der Waals surface area (Å²) >= 11 is 0. The van der Waals surface area contributed by atoms with E-state index in [0.29, 0.717) is 12.6 Å². The van der Waals surface area contributed by atoms with Gasteiger partial charge in [0.15, 0.2) is 0 Å². The Bertz CT molecular complexity index is 381. The number of benzene rings is 1. The molecule has 0 bridgehead atoms. The van der Waals surface area contributed by atoms with Gasteiger partial charge >= 0.3 is 7.12 Å². The largest absolute Gasteiger partial charge is 0.488 e. The monoisotopic (exact) mass is 237 g/mol. The topological polar surface area (TPSA) is 52.5 Å². The number of rotatable bonds is 4. The van der Waals surface area contributed by atoms with Gasteiger partial charge in [0.05, 0.1) is 0 Å². The zero-order valence-electron chi connectivity index (χ0n) is 9.69. The summed E-state index contributed by atoms with van der Waals surface area (Å²) in [7, 11) is -1.62. The van der Waals surface area contributed by atoms with Crippen molar-refractivity contribution in [1.82, 2.24) is 5.32 Å². The van der Waals surface area contributed by atoms with Crippen LogP contribution in [0, 0.1) is 5.82 Å². The molecule has 1 fully saturated rings. The zero-order valence-corrected chi connectivity index (χ0v) is 9.69. The molecule has 0 radical (unpaired) electrons. The van der Waals surface area contributed by atoms with Crippen LogP contribution in [-0.4, -0.2) is 23.2 Å². The highest BCUT2D eigenvalue weighted by molar-refractivity contribution is 6.59. The van der Waals surface area contributed by atoms with E-state index in [4.69, 9.17) is 0 Å². The molecule has 1 saturated carbocycles. The van der Waals surface area contributed by atoms with Crippen LogP contribution in [0.25, 0.3) is 0 Å². The molecule has 0 unspecified atom stereocenters. The van der Waals surface area contributed by atoms with Gasteiger partial charge in [-0.1, -0.05) is 18.9 Å². The Hall–Kier alpha value is -0.905. The van der Waals surface area contributed by atoms with Gasteiger partial charge in [0, 0.05) is 12.6 Å². The van der Waals surface area contributed by atoms with Crippen LogP contribution in [0.1, 0.15) is 31.2 Å². The molecule has 0 atom stereocenters. The van der Waals surface area contributed by atoms with Crippen molar-refractivity contribution in [2.75, 3.05) is 0 Å². The minimum Gasteiger partial charge on any atom is -0.423 e. The van der Waals surface area contributed by atoms with Crippen LogP contribution in [-0.2, 0) is 6.54 Å². The molecule has 5 heteroatoms. The highest BCUT2D eigenvalue weighted by Crippen LogP contribution is 2.18. The van der Waals surface area contributed by atoms with Crippen molar-refractivity contribution in [2.45, 2.75) is 38.3 Å². The van der Waals surface area contributed by atoms with Crippen molar-refractivity contribution in [3.05, 3.63) is 29.6 Å². The van der Waals surface area contributed by atoms with Crippen LogP contribution in [0.2, 0.25) is 0 Å². The van der Waals surface area contributed by atoms with Crippen molar-refractivity contribution in [2.24, 2.45) is 0 Å². The highest BCUT2D eigenvalue weighted by Gasteiger charge is 2.19. The second kappa shape index (κ2) is 5.62. The lowest BCUT2D eigenvalue weighted by Crippen LogP contribution is -2.36. The molecule has 3 N–H and O–H groups in total. The average Bonchev–Trinajstić information content (AvgIpc) is 2.80. The summed E-state index contributed by atoms with van der Waals surface area (Å²) < 4.78 is 13.0. The van der Waals surface area contributed by atoms with E-state index in [0.717, 1.165) is 18.4 Å². The van der Waals surface area contributed by atoms with E-state index in [1.807, 2.05) is 0 Å². The van der Waals surface area contributed by atoms with Crippen LogP contribution in [0.15, 0.2) is 18.2 Å². The molecule has 0 aliphatic heterocycles. The summed E-state index contributed by atoms with van der Waals surface area (Å²) in [5, 5.41) is 21.7. The summed E-state index contributed by atoms with van der Waals surface area (Å²) in [5.41, 5.74) is 0.990. The van der Waals surface area contributed by atoms with Gasteiger partial charge in [0.1, 0.15) is 5.82 Å². The predicted octanol–water partition coefficient (Wildman–Crippen LogP) is 0.538. The Morgan fingerprint density at radius 3 is 2.65 bits per heavy atom. The van der Waals surface area contributed by atoms with Gasteiger partial charge in [-0.05, 0) is 36.0 Å². The van der Waals surface area contributed by atoms with E-state index in [-0.39, 0.29) is 5.46 Å². The van der Waals surface area contributed by atoms with Crippen LogP contribution in [0.4, 0.5) is 4.39 Å². The van der Waals surface area contributed by atoms with E-state index in [1.165, 1.54) is 25.0 Å². The van der Waals surface area contributed by atoms with E-state index in [2.05, 4.69) is 5.32 Å². The molecule has 92 valence electrons. The lowest BCUT2D eigenvalue weighted by molar-refractivity contribution is 0.424. The number of hydrogen-bond acceptors (Lipinski definition) is 3. The number of hydrogen-bond donors (Lipinski definition) is 3. The Labute approximate surface area is 101 Å². The lowest BCUT2D eigenvalue weighted by Gasteiger charge is -2.14. The summed E-state index contributed by atoms with van der Waals surface area (Å²) in [6.45, 7) is 0.553. The zero-order chi connectivity index (χ0) is 12.3. The standard InChI is InChI=1S/C12H17BFNO2/c14-10-6-5-9(12(7-10)13(16)17)8-15-11-3-1-2-4-11/h5-7,11,15-17H,1-4,8H2. The van der Waals surface area contributed by atoms with Gasteiger partial charge < -0.3 is 15.4 Å². The van der Waals surface area contributed by atoms with Gasteiger partial charge in [0.2, 0.25) is 0 Å². The van der Waals surface area contributed by atoms with E-state index >= 15 is 0 Å². The van der Waals surface area contributed by atoms with Crippen molar-refractivity contribution in [3.8, 4) is 0 Å². The molecular weight excluding hydrogens is 220 g/mol. The average molecular weight is 237 g/mol. The van der Waals surface area contributed by atoms with Gasteiger partial charge in [-0.3, -0.25) is 0 Å². The Morgan fingerprint density at radius 1 is 1.29 bits per heavy atom. The molecule has 1 aliphatic carbocycles. The van der Waals surface area contributed by atoms with Gasteiger partial charge in [0.25, 0.3) is 0 Å². The molecule has 0 spiro atoms. The summed E-state index contributed by atoms with van der Waals surface area (Å²) in [4.78, 5) is 0. The fourth-order valence-corrected chi connectivity index (χ4v) is 2.35.